The van der Waals surface area contributed by atoms with Crippen molar-refractivity contribution in [3.05, 3.63) is 0 Å². The number of nitrogens with two attached hydrogens (primary N) is 1. The summed E-state index contributed by atoms with van der Waals surface area (Å²) in [4.78, 5) is 32.9. The number of hydrogen-bond acceptors (Lipinski definition) is 4. The van der Waals surface area contributed by atoms with Crippen molar-refractivity contribution < 1.29 is 19.5 Å². The van der Waals surface area contributed by atoms with Gasteiger partial charge in [0.2, 0.25) is 5.91 Å². The van der Waals surface area contributed by atoms with Crippen LogP contribution >= 0.6 is 0 Å². The number of nitrogens with one attached hydrogen (secondary N) is 1. The van der Waals surface area contributed by atoms with Crippen molar-refractivity contribution in [2.45, 2.75) is 6.04 Å². The second-order valence-electron chi connectivity index (χ2n) is 2.68. The second kappa shape index (κ2) is 3.40. The molecule has 1 aliphatic heterocycles. The lowest BCUT2D eigenvalue weighted by Crippen LogP contribution is -2.43. The van der Waals surface area contributed by atoms with Gasteiger partial charge >= 0.3 is 12.0 Å². The molecule has 0 saturated carbocycles. The zero-order valence-corrected chi connectivity index (χ0v) is 6.69. The van der Waals surface area contributed by atoms with E-state index in [9.17, 15) is 14.4 Å². The van der Waals surface area contributed by atoms with Crippen LogP contribution < -0.4 is 11.1 Å². The predicted octanol–water partition coefficient (Wildman–Crippen LogP) is -2.05. The van der Waals surface area contributed by atoms with E-state index in [1.165, 1.54) is 0 Å². The number of imide groups is 1. The lowest BCUT2D eigenvalue weighted by atomic mass is 10.3. The van der Waals surface area contributed by atoms with Crippen molar-refractivity contribution in [1.82, 2.24) is 10.2 Å². The Hall–Kier alpha value is -1.63. The number of rotatable bonds is 3. The normalized spacial score (nSPS) is 18.7. The molecule has 1 unspecified atom stereocenters. The Balaban J connectivity index is 2.50. The van der Waals surface area contributed by atoms with Crippen LogP contribution in [0.15, 0.2) is 0 Å². The molecule has 0 bridgehead atoms. The minimum absolute atomic E-state index is 0.125. The van der Waals surface area contributed by atoms with Crippen LogP contribution in [0.4, 0.5) is 4.79 Å². The fourth-order valence-electron chi connectivity index (χ4n) is 0.946. The van der Waals surface area contributed by atoms with E-state index in [2.05, 4.69) is 0 Å². The molecular weight excluding hydrogens is 178 g/mol. The largest absolute Gasteiger partial charge is 0.480 e. The summed E-state index contributed by atoms with van der Waals surface area (Å²) in [6.45, 7) is -0.285. The van der Waals surface area contributed by atoms with Gasteiger partial charge < -0.3 is 15.7 Å². The molecule has 0 aromatic rings. The monoisotopic (exact) mass is 187 g/mol. The lowest BCUT2D eigenvalue weighted by Gasteiger charge is -2.15. The third kappa shape index (κ3) is 2.15. The number of nitrogens with zero attached hydrogens (tertiary/aromatic N) is 1. The van der Waals surface area contributed by atoms with Crippen molar-refractivity contribution in [3.63, 3.8) is 0 Å². The highest BCUT2D eigenvalue weighted by atomic mass is 16.4. The molecule has 4 N–H and O–H groups in total. The van der Waals surface area contributed by atoms with E-state index >= 15 is 0 Å². The molecule has 3 amide bonds. The Morgan fingerprint density at radius 1 is 1.69 bits per heavy atom. The Kier molecular flexibility index (Phi) is 2.47. The van der Waals surface area contributed by atoms with Crippen LogP contribution in [0.5, 0.6) is 0 Å². The van der Waals surface area contributed by atoms with Gasteiger partial charge in [0.05, 0.1) is 0 Å². The zero-order valence-electron chi connectivity index (χ0n) is 6.69. The number of carboxylic acids is 1. The molecule has 13 heavy (non-hydrogen) atoms. The zero-order chi connectivity index (χ0) is 10.0. The Morgan fingerprint density at radius 2 is 2.31 bits per heavy atom. The van der Waals surface area contributed by atoms with E-state index in [0.29, 0.717) is 0 Å². The molecule has 72 valence electrons. The maximum absolute atomic E-state index is 10.9. The molecular formula is C6H9N3O4. The topological polar surface area (TPSA) is 113 Å². The third-order valence-corrected chi connectivity index (χ3v) is 1.60. The van der Waals surface area contributed by atoms with Gasteiger partial charge in [-0.3, -0.25) is 14.9 Å². The first-order valence-electron chi connectivity index (χ1n) is 3.58. The Labute approximate surface area is 73.5 Å². The van der Waals surface area contributed by atoms with Gasteiger partial charge in [0.25, 0.3) is 0 Å². The first kappa shape index (κ1) is 9.46. The van der Waals surface area contributed by atoms with Gasteiger partial charge in [-0.05, 0) is 0 Å². The van der Waals surface area contributed by atoms with Gasteiger partial charge in [0.1, 0.15) is 12.6 Å². The fraction of sp³-hybridized carbons (Fsp3) is 0.500. The molecule has 7 nitrogen and oxygen atoms in total. The van der Waals surface area contributed by atoms with Crippen LogP contribution in [-0.4, -0.2) is 47.0 Å². The molecule has 1 atom stereocenters. The summed E-state index contributed by atoms with van der Waals surface area (Å²) < 4.78 is 0. The quantitative estimate of drug-likeness (QED) is 0.440. The third-order valence-electron chi connectivity index (χ3n) is 1.60. The summed E-state index contributed by atoms with van der Waals surface area (Å²) in [7, 11) is 0. The van der Waals surface area contributed by atoms with E-state index < -0.39 is 23.9 Å². The second-order valence-corrected chi connectivity index (χ2v) is 2.68. The lowest BCUT2D eigenvalue weighted by molar-refractivity contribution is -0.138. The Bertz CT molecular complexity index is 265. The van der Waals surface area contributed by atoms with E-state index in [0.717, 1.165) is 4.90 Å². The number of carboxylic acid groups (broad SMARTS) is 1. The molecule has 0 spiro atoms. The van der Waals surface area contributed by atoms with Gasteiger partial charge in [-0.2, -0.15) is 0 Å². The molecule has 0 radical (unpaired) electrons. The summed E-state index contributed by atoms with van der Waals surface area (Å²) >= 11 is 0. The average Bonchev–Trinajstić information content (AvgIpc) is 2.30. The van der Waals surface area contributed by atoms with E-state index in [4.69, 9.17) is 10.8 Å². The van der Waals surface area contributed by atoms with Crippen molar-refractivity contribution >= 4 is 17.9 Å². The highest BCUT2D eigenvalue weighted by Crippen LogP contribution is 1.98. The predicted molar refractivity (Wildman–Crippen MR) is 40.7 cm³/mol. The van der Waals surface area contributed by atoms with E-state index in [-0.39, 0.29) is 13.1 Å². The SMILES string of the molecule is NC(CN1CC(=O)NC1=O)C(=O)O. The van der Waals surface area contributed by atoms with Gasteiger partial charge in [-0.25, -0.2) is 4.79 Å². The smallest absolute Gasteiger partial charge is 0.324 e. The minimum Gasteiger partial charge on any atom is -0.480 e. The van der Waals surface area contributed by atoms with Crippen LogP contribution in [0, 0.1) is 0 Å². The summed E-state index contributed by atoms with van der Waals surface area (Å²) in [5, 5.41) is 10.4. The summed E-state index contributed by atoms with van der Waals surface area (Å²) in [6, 6.07) is -1.75. The number of carbonyl (C=O) groups excluding carboxylic acids is 2. The van der Waals surface area contributed by atoms with Gasteiger partial charge in [-0.15, -0.1) is 0 Å². The van der Waals surface area contributed by atoms with E-state index in [1.807, 2.05) is 5.32 Å². The molecule has 1 aliphatic rings. The van der Waals surface area contributed by atoms with Crippen LogP contribution in [-0.2, 0) is 9.59 Å². The van der Waals surface area contributed by atoms with E-state index in [1.54, 1.807) is 0 Å². The van der Waals surface area contributed by atoms with Crippen molar-refractivity contribution in [2.24, 2.45) is 5.73 Å². The molecule has 0 aromatic carbocycles. The summed E-state index contributed by atoms with van der Waals surface area (Å²) in [5.41, 5.74) is 5.17. The van der Waals surface area contributed by atoms with Gasteiger partial charge in [0, 0.05) is 6.54 Å². The maximum Gasteiger partial charge on any atom is 0.324 e. The summed E-state index contributed by atoms with van der Waals surface area (Å²) in [6.07, 6.45) is 0. The molecule has 0 aliphatic carbocycles. The number of aliphatic carboxylic acids is 1. The Morgan fingerprint density at radius 3 is 2.69 bits per heavy atom. The van der Waals surface area contributed by atoms with Crippen molar-refractivity contribution in [1.29, 1.82) is 0 Å². The number of urea groups is 1. The molecule has 1 fully saturated rings. The number of carbonyl (C=O) groups is 3. The van der Waals surface area contributed by atoms with Gasteiger partial charge in [0.15, 0.2) is 0 Å². The number of hydrogen-bond donors (Lipinski definition) is 3. The van der Waals surface area contributed by atoms with Crippen LogP contribution in [0.1, 0.15) is 0 Å². The number of amides is 3. The molecule has 1 saturated heterocycles. The molecule has 1 rings (SSSR count). The maximum atomic E-state index is 10.9. The fourth-order valence-corrected chi connectivity index (χ4v) is 0.946. The first-order chi connectivity index (χ1) is 6.00. The summed E-state index contributed by atoms with van der Waals surface area (Å²) in [5.74, 6) is -1.64. The average molecular weight is 187 g/mol. The minimum atomic E-state index is -1.20. The van der Waals surface area contributed by atoms with Crippen LogP contribution in [0.2, 0.25) is 0 Å². The highest BCUT2D eigenvalue weighted by Gasteiger charge is 2.29. The van der Waals surface area contributed by atoms with Crippen molar-refractivity contribution in [3.8, 4) is 0 Å². The van der Waals surface area contributed by atoms with Gasteiger partial charge in [-0.1, -0.05) is 0 Å². The molecule has 0 aromatic heterocycles. The first-order valence-corrected chi connectivity index (χ1v) is 3.58. The molecule has 7 heteroatoms. The van der Waals surface area contributed by atoms with Crippen LogP contribution in [0.25, 0.3) is 0 Å². The highest BCUT2D eigenvalue weighted by molar-refractivity contribution is 6.02. The van der Waals surface area contributed by atoms with Crippen molar-refractivity contribution in [2.75, 3.05) is 13.1 Å². The molecule has 1 heterocycles. The van der Waals surface area contributed by atoms with Crippen LogP contribution in [0.3, 0.4) is 0 Å². The standard InChI is InChI=1S/C6H9N3O4/c7-3(5(11)12)1-9-2-4(10)8-6(9)13/h3H,1-2,7H2,(H,11,12)(H,8,10,13).